The van der Waals surface area contributed by atoms with Gasteiger partial charge in [0.15, 0.2) is 0 Å². The number of hydrogen-bond donors (Lipinski definition) is 2. The number of benzene rings is 3. The summed E-state index contributed by atoms with van der Waals surface area (Å²) in [5.74, 6) is -0.338. The highest BCUT2D eigenvalue weighted by atomic mass is 32.2. The van der Waals surface area contributed by atoms with E-state index in [2.05, 4.69) is 10.0 Å². The van der Waals surface area contributed by atoms with E-state index in [1.807, 2.05) is 0 Å². The van der Waals surface area contributed by atoms with Crippen LogP contribution in [0.25, 0.3) is 10.2 Å². The van der Waals surface area contributed by atoms with Gasteiger partial charge >= 0.3 is 4.87 Å². The van der Waals surface area contributed by atoms with Gasteiger partial charge in [-0.1, -0.05) is 29.5 Å². The standard InChI is InChI=1S/C21H17N3O4S2/c1-24-18-12-11-16(13-19(18)29-21(24)26)22-20(25)14-7-9-15(10-8-14)23-30(27,28)17-5-3-2-4-6-17/h2-13,23H,1H3,(H,22,25). The van der Waals surface area contributed by atoms with Crippen molar-refractivity contribution in [1.29, 1.82) is 0 Å². The molecule has 0 saturated heterocycles. The Kier molecular flexibility index (Phi) is 5.15. The molecule has 7 nitrogen and oxygen atoms in total. The number of carbonyl (C=O) groups excluding carboxylic acids is 1. The molecule has 152 valence electrons. The van der Waals surface area contributed by atoms with Crippen LogP contribution in [0.15, 0.2) is 82.5 Å². The first-order valence-electron chi connectivity index (χ1n) is 8.92. The summed E-state index contributed by atoms with van der Waals surface area (Å²) >= 11 is 1.11. The summed E-state index contributed by atoms with van der Waals surface area (Å²) in [4.78, 5) is 24.4. The number of rotatable bonds is 5. The van der Waals surface area contributed by atoms with E-state index in [0.717, 1.165) is 21.6 Å². The van der Waals surface area contributed by atoms with E-state index in [4.69, 9.17) is 0 Å². The molecule has 1 aromatic heterocycles. The topological polar surface area (TPSA) is 97.3 Å². The van der Waals surface area contributed by atoms with Crippen molar-refractivity contribution in [3.8, 4) is 0 Å². The van der Waals surface area contributed by atoms with Crippen LogP contribution in [-0.2, 0) is 17.1 Å². The van der Waals surface area contributed by atoms with Crippen LogP contribution in [0.2, 0.25) is 0 Å². The van der Waals surface area contributed by atoms with Gasteiger partial charge in [0.1, 0.15) is 0 Å². The van der Waals surface area contributed by atoms with Crippen LogP contribution < -0.4 is 14.9 Å². The first kappa shape index (κ1) is 19.9. The Morgan fingerprint density at radius 2 is 1.60 bits per heavy atom. The van der Waals surface area contributed by atoms with E-state index < -0.39 is 10.0 Å². The lowest BCUT2D eigenvalue weighted by molar-refractivity contribution is 0.102. The predicted octanol–water partition coefficient (Wildman–Crippen LogP) is 3.65. The normalized spacial score (nSPS) is 11.4. The second-order valence-corrected chi connectivity index (χ2v) is 9.24. The van der Waals surface area contributed by atoms with Crippen LogP contribution in [0, 0.1) is 0 Å². The molecule has 30 heavy (non-hydrogen) atoms. The zero-order valence-corrected chi connectivity index (χ0v) is 17.5. The number of anilines is 2. The molecule has 0 bridgehead atoms. The van der Waals surface area contributed by atoms with Crippen molar-refractivity contribution in [3.63, 3.8) is 0 Å². The molecule has 0 aliphatic rings. The van der Waals surface area contributed by atoms with Crippen molar-refractivity contribution in [2.75, 3.05) is 10.0 Å². The summed E-state index contributed by atoms with van der Waals surface area (Å²) < 4.78 is 29.6. The third-order valence-corrected chi connectivity index (χ3v) is 6.90. The summed E-state index contributed by atoms with van der Waals surface area (Å²) in [6.07, 6.45) is 0. The largest absolute Gasteiger partial charge is 0.322 e. The van der Waals surface area contributed by atoms with Gasteiger partial charge in [-0.15, -0.1) is 0 Å². The minimum absolute atomic E-state index is 0.0676. The molecule has 0 aliphatic heterocycles. The van der Waals surface area contributed by atoms with E-state index in [9.17, 15) is 18.0 Å². The van der Waals surface area contributed by atoms with Gasteiger partial charge in [-0.2, -0.15) is 0 Å². The molecule has 2 N–H and O–H groups in total. The lowest BCUT2D eigenvalue weighted by Gasteiger charge is -2.09. The third-order valence-electron chi connectivity index (χ3n) is 4.50. The maximum atomic E-state index is 12.5. The van der Waals surface area contributed by atoms with E-state index in [1.54, 1.807) is 48.0 Å². The van der Waals surface area contributed by atoms with Gasteiger partial charge < -0.3 is 9.88 Å². The fourth-order valence-corrected chi connectivity index (χ4v) is 4.92. The number of sulfonamides is 1. The molecule has 4 aromatic rings. The molecule has 9 heteroatoms. The van der Waals surface area contributed by atoms with Crippen LogP contribution in [0.1, 0.15) is 10.4 Å². The van der Waals surface area contributed by atoms with Gasteiger partial charge in [0.25, 0.3) is 15.9 Å². The lowest BCUT2D eigenvalue weighted by atomic mass is 10.2. The van der Waals surface area contributed by atoms with Gasteiger partial charge in [0, 0.05) is 24.0 Å². The molecule has 0 saturated carbocycles. The number of hydrogen-bond acceptors (Lipinski definition) is 5. The Balaban J connectivity index is 1.48. The number of aryl methyl sites for hydroxylation is 1. The van der Waals surface area contributed by atoms with E-state index in [0.29, 0.717) is 16.9 Å². The fourth-order valence-electron chi connectivity index (χ4n) is 2.92. The van der Waals surface area contributed by atoms with Crippen molar-refractivity contribution >= 4 is 48.9 Å². The summed E-state index contributed by atoms with van der Waals surface area (Å²) in [7, 11) is -1.99. The molecule has 0 radical (unpaired) electrons. The second kappa shape index (κ2) is 7.77. The van der Waals surface area contributed by atoms with Gasteiger partial charge in [0.2, 0.25) is 0 Å². The Hall–Kier alpha value is -3.43. The molecule has 1 amide bonds. The van der Waals surface area contributed by atoms with E-state index >= 15 is 0 Å². The van der Waals surface area contributed by atoms with Gasteiger partial charge in [-0.05, 0) is 54.6 Å². The number of carbonyl (C=O) groups is 1. The van der Waals surface area contributed by atoms with E-state index in [1.165, 1.54) is 36.4 Å². The average Bonchev–Trinajstić information content (AvgIpc) is 3.02. The highest BCUT2D eigenvalue weighted by molar-refractivity contribution is 7.92. The molecule has 0 fully saturated rings. The van der Waals surface area contributed by atoms with Crippen molar-refractivity contribution < 1.29 is 13.2 Å². The number of fused-ring (bicyclic) bond motifs is 1. The lowest BCUT2D eigenvalue weighted by Crippen LogP contribution is -2.14. The zero-order valence-electron chi connectivity index (χ0n) is 15.8. The van der Waals surface area contributed by atoms with Crippen molar-refractivity contribution in [3.05, 3.63) is 88.0 Å². The van der Waals surface area contributed by atoms with Crippen molar-refractivity contribution in [1.82, 2.24) is 4.57 Å². The van der Waals surface area contributed by atoms with Crippen LogP contribution in [0.5, 0.6) is 0 Å². The third kappa shape index (κ3) is 3.98. The van der Waals surface area contributed by atoms with Gasteiger partial charge in [-0.25, -0.2) is 8.42 Å². The molecule has 0 aliphatic carbocycles. The maximum Gasteiger partial charge on any atom is 0.307 e. The van der Waals surface area contributed by atoms with Crippen LogP contribution in [-0.4, -0.2) is 18.9 Å². The fraction of sp³-hybridized carbons (Fsp3) is 0.0476. The Morgan fingerprint density at radius 1 is 0.933 bits per heavy atom. The van der Waals surface area contributed by atoms with Crippen molar-refractivity contribution in [2.24, 2.45) is 7.05 Å². The summed E-state index contributed by atoms with van der Waals surface area (Å²) in [5.41, 5.74) is 2.10. The maximum absolute atomic E-state index is 12.5. The second-order valence-electron chi connectivity index (χ2n) is 6.56. The summed E-state index contributed by atoms with van der Waals surface area (Å²) in [6.45, 7) is 0. The van der Waals surface area contributed by atoms with Crippen LogP contribution in [0.4, 0.5) is 11.4 Å². The minimum Gasteiger partial charge on any atom is -0.322 e. The number of nitrogens with zero attached hydrogens (tertiary/aromatic N) is 1. The number of nitrogens with one attached hydrogen (secondary N) is 2. The molecular weight excluding hydrogens is 422 g/mol. The smallest absolute Gasteiger partial charge is 0.307 e. The Morgan fingerprint density at radius 3 is 2.30 bits per heavy atom. The van der Waals surface area contributed by atoms with E-state index in [-0.39, 0.29) is 15.7 Å². The van der Waals surface area contributed by atoms with Crippen LogP contribution in [0.3, 0.4) is 0 Å². The Bertz CT molecular complexity index is 1390. The molecule has 0 spiro atoms. The molecule has 0 unspecified atom stereocenters. The minimum atomic E-state index is -3.69. The molecule has 4 rings (SSSR count). The summed E-state index contributed by atoms with van der Waals surface area (Å²) in [6, 6.07) is 19.4. The van der Waals surface area contributed by atoms with Gasteiger partial charge in [-0.3, -0.25) is 14.3 Å². The zero-order chi connectivity index (χ0) is 21.3. The predicted molar refractivity (Wildman–Crippen MR) is 119 cm³/mol. The van der Waals surface area contributed by atoms with Gasteiger partial charge in [0.05, 0.1) is 15.1 Å². The average molecular weight is 440 g/mol. The quantitative estimate of drug-likeness (QED) is 0.496. The molecule has 3 aromatic carbocycles. The first-order valence-corrected chi connectivity index (χ1v) is 11.2. The SMILES string of the molecule is Cn1c(=O)sc2cc(NC(=O)c3ccc(NS(=O)(=O)c4ccccc4)cc3)ccc21. The highest BCUT2D eigenvalue weighted by Crippen LogP contribution is 2.22. The van der Waals surface area contributed by atoms with Crippen LogP contribution >= 0.6 is 11.3 Å². The highest BCUT2D eigenvalue weighted by Gasteiger charge is 2.14. The molecule has 0 atom stereocenters. The Labute approximate surface area is 176 Å². The number of thiazole rings is 1. The first-order chi connectivity index (χ1) is 14.3. The number of aromatic nitrogens is 1. The number of amides is 1. The molecule has 1 heterocycles. The van der Waals surface area contributed by atoms with Crippen molar-refractivity contribution in [2.45, 2.75) is 4.90 Å². The summed E-state index contributed by atoms with van der Waals surface area (Å²) in [5, 5.41) is 2.79. The monoisotopic (exact) mass is 439 g/mol. The molecular formula is C21H17N3O4S2.